The van der Waals surface area contributed by atoms with Gasteiger partial charge in [0.25, 0.3) is 0 Å². The smallest absolute Gasteiger partial charge is 0.305 e. The highest BCUT2D eigenvalue weighted by atomic mass is 16.5. The van der Waals surface area contributed by atoms with Crippen LogP contribution < -0.4 is 0 Å². The summed E-state index contributed by atoms with van der Waals surface area (Å²) < 4.78 is 11.1. The van der Waals surface area contributed by atoms with Gasteiger partial charge in [0.1, 0.15) is 11.5 Å². The maximum absolute atomic E-state index is 12.8. The van der Waals surface area contributed by atoms with Crippen molar-refractivity contribution in [2.24, 2.45) is 0 Å². The molecule has 0 bridgehead atoms. The number of ether oxygens (including phenoxy) is 2. The molecule has 3 rings (SSSR count). The normalized spacial score (nSPS) is 19.7. The first-order chi connectivity index (χ1) is 13.8. The molecule has 0 aromatic heterocycles. The summed E-state index contributed by atoms with van der Waals surface area (Å²) in [4.78, 5) is 36.4. The van der Waals surface area contributed by atoms with Crippen LogP contribution in [0.4, 0.5) is 0 Å². The van der Waals surface area contributed by atoms with Crippen molar-refractivity contribution in [3.8, 4) is 5.75 Å². The second-order valence-electron chi connectivity index (χ2n) is 7.21. The van der Waals surface area contributed by atoms with Gasteiger partial charge in [-0.3, -0.25) is 14.4 Å². The van der Waals surface area contributed by atoms with Gasteiger partial charge in [-0.25, -0.2) is 0 Å². The van der Waals surface area contributed by atoms with E-state index in [1.807, 2.05) is 6.92 Å². The monoisotopic (exact) mass is 404 g/mol. The van der Waals surface area contributed by atoms with E-state index >= 15 is 0 Å². The van der Waals surface area contributed by atoms with Gasteiger partial charge in [-0.2, -0.15) is 0 Å². The van der Waals surface area contributed by atoms with Gasteiger partial charge in [0.15, 0.2) is 0 Å². The van der Waals surface area contributed by atoms with Crippen molar-refractivity contribution in [2.45, 2.75) is 58.3 Å². The lowest BCUT2D eigenvalue weighted by Crippen LogP contribution is -2.33. The highest BCUT2D eigenvalue weighted by Crippen LogP contribution is 2.41. The van der Waals surface area contributed by atoms with Gasteiger partial charge in [0, 0.05) is 17.7 Å². The van der Waals surface area contributed by atoms with E-state index in [1.54, 1.807) is 6.92 Å². The molecule has 0 saturated heterocycles. The first-order valence-corrected chi connectivity index (χ1v) is 9.65. The first-order valence-electron chi connectivity index (χ1n) is 9.65. The first kappa shape index (κ1) is 21.0. The Labute approximate surface area is 167 Å². The van der Waals surface area contributed by atoms with Crippen molar-refractivity contribution in [1.29, 1.82) is 0 Å². The molecule has 0 fully saturated rings. The average Bonchev–Trinajstić information content (AvgIpc) is 2.68. The summed E-state index contributed by atoms with van der Waals surface area (Å²) in [6.07, 6.45) is -0.218. The number of aliphatic carboxylic acids is 1. The number of benzene rings is 1. The lowest BCUT2D eigenvalue weighted by molar-refractivity contribution is -0.140. The van der Waals surface area contributed by atoms with E-state index in [1.165, 1.54) is 6.07 Å². The van der Waals surface area contributed by atoms with Gasteiger partial charge in [0.2, 0.25) is 11.6 Å². The Morgan fingerprint density at radius 1 is 1.28 bits per heavy atom. The molecule has 1 aromatic carbocycles. The lowest BCUT2D eigenvalue weighted by atomic mass is 9.81. The number of phenolic OH excluding ortho intramolecular Hbond substituents is 1. The van der Waals surface area contributed by atoms with Gasteiger partial charge in [-0.1, -0.05) is 13.8 Å². The minimum Gasteiger partial charge on any atom is -0.507 e. The molecule has 1 heterocycles. The molecule has 0 amide bonds. The van der Waals surface area contributed by atoms with Crippen LogP contribution in [0, 0.1) is 0 Å². The average molecular weight is 404 g/mol. The van der Waals surface area contributed by atoms with Crippen molar-refractivity contribution in [3.63, 3.8) is 0 Å². The number of aliphatic hydroxyl groups excluding tert-OH is 1. The van der Waals surface area contributed by atoms with Crippen LogP contribution in [-0.2, 0) is 32.1 Å². The largest absolute Gasteiger partial charge is 0.507 e. The van der Waals surface area contributed by atoms with Crippen LogP contribution in [-0.4, -0.2) is 51.7 Å². The molecule has 1 aliphatic carbocycles. The minimum absolute atomic E-state index is 0.0652. The van der Waals surface area contributed by atoms with E-state index < -0.39 is 35.5 Å². The van der Waals surface area contributed by atoms with Crippen LogP contribution in [0.1, 0.15) is 60.2 Å². The number of rotatable bonds is 7. The zero-order chi connectivity index (χ0) is 21.3. The topological polar surface area (TPSA) is 130 Å². The number of fused-ring (bicyclic) bond motifs is 2. The van der Waals surface area contributed by atoms with Crippen molar-refractivity contribution in [1.82, 2.24) is 0 Å². The number of hydrogen-bond donors (Lipinski definition) is 3. The molecule has 2 unspecified atom stereocenters. The second-order valence-corrected chi connectivity index (χ2v) is 7.21. The summed E-state index contributed by atoms with van der Waals surface area (Å²) in [5.74, 6) is -3.59. The Hall–Kier alpha value is -2.71. The number of ketones is 2. The number of phenols is 1. The van der Waals surface area contributed by atoms with Crippen LogP contribution in [0.15, 0.2) is 11.6 Å². The van der Waals surface area contributed by atoms with E-state index in [0.717, 1.165) is 0 Å². The van der Waals surface area contributed by atoms with Gasteiger partial charge >= 0.3 is 5.97 Å². The van der Waals surface area contributed by atoms with Crippen LogP contribution in [0.3, 0.4) is 0 Å². The fourth-order valence-electron chi connectivity index (χ4n) is 3.81. The molecule has 29 heavy (non-hydrogen) atoms. The predicted octanol–water partition coefficient (Wildman–Crippen LogP) is 2.55. The molecule has 8 nitrogen and oxygen atoms in total. The zero-order valence-corrected chi connectivity index (χ0v) is 16.4. The highest BCUT2D eigenvalue weighted by molar-refractivity contribution is 6.53. The van der Waals surface area contributed by atoms with Crippen molar-refractivity contribution in [3.05, 3.63) is 33.9 Å². The molecular formula is C21H24O8. The lowest BCUT2D eigenvalue weighted by Gasteiger charge is -2.29. The number of carbonyl (C=O) groups excluding carboxylic acids is 2. The minimum atomic E-state index is -1.01. The summed E-state index contributed by atoms with van der Waals surface area (Å²) in [7, 11) is 0. The molecule has 1 aliphatic heterocycles. The van der Waals surface area contributed by atoms with Gasteiger partial charge in [-0.05, 0) is 30.9 Å². The molecule has 1 aromatic rings. The summed E-state index contributed by atoms with van der Waals surface area (Å²) >= 11 is 0. The van der Waals surface area contributed by atoms with Crippen LogP contribution >= 0.6 is 0 Å². The number of carboxylic acids is 1. The number of carbonyl (C=O) groups is 3. The number of carboxylic acid groups (broad SMARTS) is 1. The molecule has 156 valence electrons. The van der Waals surface area contributed by atoms with Crippen molar-refractivity contribution in [2.75, 3.05) is 6.61 Å². The Morgan fingerprint density at radius 2 is 2.00 bits per heavy atom. The van der Waals surface area contributed by atoms with Crippen LogP contribution in [0.5, 0.6) is 5.75 Å². The van der Waals surface area contributed by atoms with Crippen LogP contribution in [0.25, 0.3) is 5.76 Å². The van der Waals surface area contributed by atoms with Gasteiger partial charge in [-0.15, -0.1) is 0 Å². The number of aliphatic hydroxyl groups is 1. The maximum Gasteiger partial charge on any atom is 0.305 e. The van der Waals surface area contributed by atoms with Gasteiger partial charge in [0.05, 0.1) is 36.4 Å². The Balaban J connectivity index is 2.10. The van der Waals surface area contributed by atoms with Gasteiger partial charge < -0.3 is 24.8 Å². The van der Waals surface area contributed by atoms with E-state index in [9.17, 15) is 24.6 Å². The Bertz CT molecular complexity index is 898. The molecule has 0 radical (unpaired) electrons. The third-order valence-corrected chi connectivity index (χ3v) is 5.22. The molecule has 0 spiro atoms. The fraction of sp³-hybridized carbons (Fsp3) is 0.476. The highest BCUT2D eigenvalue weighted by Gasteiger charge is 2.40. The number of aromatic hydroxyl groups is 1. The molecule has 2 atom stereocenters. The van der Waals surface area contributed by atoms with E-state index in [-0.39, 0.29) is 41.9 Å². The Kier molecular flexibility index (Phi) is 6.04. The summed E-state index contributed by atoms with van der Waals surface area (Å²) in [6.45, 7) is 3.98. The molecule has 0 saturated carbocycles. The van der Waals surface area contributed by atoms with E-state index in [0.29, 0.717) is 30.6 Å². The fourth-order valence-corrected chi connectivity index (χ4v) is 3.81. The third-order valence-electron chi connectivity index (χ3n) is 5.22. The van der Waals surface area contributed by atoms with Crippen molar-refractivity contribution >= 4 is 23.3 Å². The Morgan fingerprint density at radius 3 is 2.62 bits per heavy atom. The SMILES string of the molecule is CCCOC(CC)C1=C(O)c2cc3c(c(O)c2C(=O)C1=O)COC(CC(=O)O)C3. The predicted molar refractivity (Wildman–Crippen MR) is 102 cm³/mol. The maximum atomic E-state index is 12.8. The molecular weight excluding hydrogens is 380 g/mol. The third kappa shape index (κ3) is 3.77. The standard InChI is InChI=1S/C21H24O8/c1-3-5-28-14(4-2)17-18(24)12-7-10-6-11(8-15(22)23)29-9-13(10)19(25)16(12)20(26)21(17)27/h7,11,14,24-25H,3-6,8-9H2,1-2H3,(H,22,23). The van der Waals surface area contributed by atoms with E-state index in [2.05, 4.69) is 0 Å². The summed E-state index contributed by atoms with van der Waals surface area (Å²) in [5, 5.41) is 30.5. The second kappa shape index (κ2) is 8.34. The molecule has 8 heteroatoms. The van der Waals surface area contributed by atoms with Crippen LogP contribution in [0.2, 0.25) is 0 Å². The zero-order valence-electron chi connectivity index (χ0n) is 16.4. The molecule has 2 aliphatic rings. The van der Waals surface area contributed by atoms with E-state index in [4.69, 9.17) is 14.6 Å². The quantitative estimate of drug-likeness (QED) is 0.591. The summed E-state index contributed by atoms with van der Waals surface area (Å²) in [5.41, 5.74) is 0.620. The molecule has 3 N–H and O–H groups in total. The van der Waals surface area contributed by atoms with Crippen molar-refractivity contribution < 1.29 is 39.2 Å². The summed E-state index contributed by atoms with van der Waals surface area (Å²) in [6, 6.07) is 1.54. The number of hydrogen-bond acceptors (Lipinski definition) is 7. The number of Topliss-reactive ketones (excluding diaryl/α,β-unsaturated/α-hetero) is 2.